The molecule has 0 saturated heterocycles. The molecule has 9 heteroatoms. The Bertz CT molecular complexity index is 1010. The van der Waals surface area contributed by atoms with Gasteiger partial charge in [-0.05, 0) is 36.6 Å². The minimum atomic E-state index is -0.371. The summed E-state index contributed by atoms with van der Waals surface area (Å²) in [5.41, 5.74) is 5.32. The number of ether oxygens (including phenoxy) is 1. The second-order valence-electron chi connectivity index (χ2n) is 7.49. The first-order valence-corrected chi connectivity index (χ1v) is 11.4. The van der Waals surface area contributed by atoms with Crippen LogP contribution in [0, 0.1) is 5.92 Å². The maximum Gasteiger partial charge on any atom is 0.269 e. The number of nitrogens with one attached hydrogen (secondary N) is 2. The fourth-order valence-electron chi connectivity index (χ4n) is 2.76. The largest absolute Gasteiger partial charge is 0.486 e. The van der Waals surface area contributed by atoms with Gasteiger partial charge in [0.2, 0.25) is 5.91 Å². The number of amides is 2. The van der Waals surface area contributed by atoms with Crippen LogP contribution >= 0.6 is 11.8 Å². The van der Waals surface area contributed by atoms with Crippen LogP contribution in [-0.2, 0) is 17.9 Å². The van der Waals surface area contributed by atoms with E-state index in [1.54, 1.807) is 24.3 Å². The van der Waals surface area contributed by atoms with E-state index in [4.69, 9.17) is 4.74 Å². The number of carbonyl (C=O) groups is 2. The van der Waals surface area contributed by atoms with Crippen molar-refractivity contribution in [1.82, 2.24) is 25.6 Å². The number of hydrazine groups is 1. The number of hydrogen-bond acceptors (Lipinski definition) is 6. The van der Waals surface area contributed by atoms with Crippen LogP contribution in [0.5, 0.6) is 5.75 Å². The molecule has 3 rings (SSSR count). The van der Waals surface area contributed by atoms with Gasteiger partial charge in [0.1, 0.15) is 12.4 Å². The summed E-state index contributed by atoms with van der Waals surface area (Å²) in [6.45, 7) is 5.32. The van der Waals surface area contributed by atoms with E-state index in [-0.39, 0.29) is 24.2 Å². The summed E-state index contributed by atoms with van der Waals surface area (Å²) in [5, 5.41) is 9.16. The van der Waals surface area contributed by atoms with Gasteiger partial charge in [-0.3, -0.25) is 20.4 Å². The number of benzene rings is 2. The molecule has 0 saturated carbocycles. The highest BCUT2D eigenvalue weighted by Gasteiger charge is 2.16. The molecule has 1 aromatic heterocycles. The standard InChI is InChI=1S/C23H27N5O3S/c1-17(2)13-14-28-20(15-31-19-11-7-4-8-12-19)24-27-23(28)32-16-21(29)25-26-22(30)18-9-5-3-6-10-18/h3-12,17H,13-16H2,1-2H3,(H,25,29)(H,26,30). The number of para-hydroxylation sites is 1. The summed E-state index contributed by atoms with van der Waals surface area (Å²) in [7, 11) is 0. The van der Waals surface area contributed by atoms with E-state index in [0.717, 1.165) is 18.7 Å². The predicted octanol–water partition coefficient (Wildman–Crippen LogP) is 3.46. The molecular weight excluding hydrogens is 426 g/mol. The van der Waals surface area contributed by atoms with Crippen molar-refractivity contribution in [2.24, 2.45) is 5.92 Å². The average Bonchev–Trinajstić information content (AvgIpc) is 3.21. The molecule has 0 fully saturated rings. The zero-order valence-corrected chi connectivity index (χ0v) is 19.0. The summed E-state index contributed by atoms with van der Waals surface area (Å²) in [6, 6.07) is 18.2. The van der Waals surface area contributed by atoms with E-state index in [1.165, 1.54) is 11.8 Å². The van der Waals surface area contributed by atoms with Crippen molar-refractivity contribution in [3.8, 4) is 5.75 Å². The van der Waals surface area contributed by atoms with Gasteiger partial charge < -0.3 is 9.30 Å². The summed E-state index contributed by atoms with van der Waals surface area (Å²) in [6.07, 6.45) is 0.948. The van der Waals surface area contributed by atoms with Gasteiger partial charge in [0.25, 0.3) is 5.91 Å². The first-order valence-electron chi connectivity index (χ1n) is 10.4. The Balaban J connectivity index is 1.56. The van der Waals surface area contributed by atoms with Gasteiger partial charge in [-0.25, -0.2) is 0 Å². The third-order valence-electron chi connectivity index (χ3n) is 4.52. The number of nitrogens with zero attached hydrogens (tertiary/aromatic N) is 3. The van der Waals surface area contributed by atoms with Gasteiger partial charge in [0, 0.05) is 12.1 Å². The highest BCUT2D eigenvalue weighted by Crippen LogP contribution is 2.20. The van der Waals surface area contributed by atoms with Crippen LogP contribution in [-0.4, -0.2) is 32.3 Å². The van der Waals surface area contributed by atoms with E-state index in [2.05, 4.69) is 34.9 Å². The first-order chi connectivity index (χ1) is 15.5. The van der Waals surface area contributed by atoms with Crippen LogP contribution in [0.25, 0.3) is 0 Å². The number of carbonyl (C=O) groups excluding carboxylic acids is 2. The Morgan fingerprint density at radius 2 is 1.69 bits per heavy atom. The molecule has 0 radical (unpaired) electrons. The van der Waals surface area contributed by atoms with Crippen molar-refractivity contribution >= 4 is 23.6 Å². The minimum Gasteiger partial charge on any atom is -0.486 e. The van der Waals surface area contributed by atoms with Crippen molar-refractivity contribution in [3.63, 3.8) is 0 Å². The first kappa shape index (κ1) is 23.3. The van der Waals surface area contributed by atoms with E-state index < -0.39 is 0 Å². The maximum atomic E-state index is 12.2. The van der Waals surface area contributed by atoms with Gasteiger partial charge in [-0.1, -0.05) is 62.0 Å². The van der Waals surface area contributed by atoms with E-state index in [1.807, 2.05) is 41.0 Å². The number of aromatic nitrogens is 3. The van der Waals surface area contributed by atoms with E-state index in [0.29, 0.717) is 22.5 Å². The molecule has 0 aliphatic heterocycles. The molecular formula is C23H27N5O3S. The maximum absolute atomic E-state index is 12.2. The molecule has 2 N–H and O–H groups in total. The summed E-state index contributed by atoms with van der Waals surface area (Å²) in [4.78, 5) is 24.3. The van der Waals surface area contributed by atoms with Gasteiger partial charge in [-0.2, -0.15) is 0 Å². The summed E-state index contributed by atoms with van der Waals surface area (Å²) >= 11 is 1.27. The Kier molecular flexibility index (Phi) is 8.68. The van der Waals surface area contributed by atoms with Crippen LogP contribution in [0.1, 0.15) is 36.5 Å². The Labute approximate surface area is 191 Å². The number of thioether (sulfide) groups is 1. The molecule has 0 unspecified atom stereocenters. The van der Waals surface area contributed by atoms with Crippen molar-refractivity contribution in [1.29, 1.82) is 0 Å². The normalized spacial score (nSPS) is 10.7. The molecule has 0 bridgehead atoms. The molecule has 0 atom stereocenters. The van der Waals surface area contributed by atoms with Crippen LogP contribution in [0.4, 0.5) is 0 Å². The molecule has 168 valence electrons. The second-order valence-corrected chi connectivity index (χ2v) is 8.43. The monoisotopic (exact) mass is 453 g/mol. The lowest BCUT2D eigenvalue weighted by Gasteiger charge is -2.12. The predicted molar refractivity (Wildman–Crippen MR) is 123 cm³/mol. The second kappa shape index (κ2) is 11.9. The lowest BCUT2D eigenvalue weighted by molar-refractivity contribution is -0.119. The fraction of sp³-hybridized carbons (Fsp3) is 0.304. The van der Waals surface area contributed by atoms with Gasteiger partial charge >= 0.3 is 0 Å². The minimum absolute atomic E-state index is 0.0917. The zero-order chi connectivity index (χ0) is 22.8. The highest BCUT2D eigenvalue weighted by atomic mass is 32.2. The van der Waals surface area contributed by atoms with Crippen LogP contribution in [0.15, 0.2) is 65.8 Å². The Morgan fingerprint density at radius 3 is 2.38 bits per heavy atom. The van der Waals surface area contributed by atoms with Crippen molar-refractivity contribution < 1.29 is 14.3 Å². The highest BCUT2D eigenvalue weighted by molar-refractivity contribution is 7.99. The number of rotatable bonds is 10. The Hall–Kier alpha value is -3.33. The molecule has 0 aliphatic rings. The summed E-state index contributed by atoms with van der Waals surface area (Å²) in [5.74, 6) is 1.36. The smallest absolute Gasteiger partial charge is 0.269 e. The molecule has 8 nitrogen and oxygen atoms in total. The molecule has 2 aromatic carbocycles. The zero-order valence-electron chi connectivity index (χ0n) is 18.2. The SMILES string of the molecule is CC(C)CCn1c(COc2ccccc2)nnc1SCC(=O)NNC(=O)c1ccccc1. The topological polar surface area (TPSA) is 98.1 Å². The van der Waals surface area contributed by atoms with E-state index in [9.17, 15) is 9.59 Å². The van der Waals surface area contributed by atoms with Gasteiger partial charge in [-0.15, -0.1) is 10.2 Å². The molecule has 0 aliphatic carbocycles. The van der Waals surface area contributed by atoms with Crippen LogP contribution in [0.2, 0.25) is 0 Å². The van der Waals surface area contributed by atoms with Crippen LogP contribution in [0.3, 0.4) is 0 Å². The fourth-order valence-corrected chi connectivity index (χ4v) is 3.55. The molecule has 32 heavy (non-hydrogen) atoms. The number of hydrogen-bond donors (Lipinski definition) is 2. The summed E-state index contributed by atoms with van der Waals surface area (Å²) < 4.78 is 7.82. The van der Waals surface area contributed by atoms with Crippen molar-refractivity contribution in [2.45, 2.75) is 38.6 Å². The van der Waals surface area contributed by atoms with Gasteiger partial charge in [0.05, 0.1) is 5.75 Å². The van der Waals surface area contributed by atoms with Crippen molar-refractivity contribution in [2.75, 3.05) is 5.75 Å². The molecule has 1 heterocycles. The van der Waals surface area contributed by atoms with Crippen molar-refractivity contribution in [3.05, 3.63) is 72.1 Å². The average molecular weight is 454 g/mol. The van der Waals surface area contributed by atoms with Crippen LogP contribution < -0.4 is 15.6 Å². The third kappa shape index (κ3) is 7.12. The molecule has 0 spiro atoms. The Morgan fingerprint density at radius 1 is 1.00 bits per heavy atom. The third-order valence-corrected chi connectivity index (χ3v) is 5.49. The lowest BCUT2D eigenvalue weighted by atomic mass is 10.1. The lowest BCUT2D eigenvalue weighted by Crippen LogP contribution is -2.42. The molecule has 3 aromatic rings. The van der Waals surface area contributed by atoms with Gasteiger partial charge in [0.15, 0.2) is 11.0 Å². The molecule has 2 amide bonds. The quantitative estimate of drug-likeness (QED) is 0.360. The van der Waals surface area contributed by atoms with E-state index >= 15 is 0 Å².